The molecule has 3 heteroatoms. The summed E-state index contributed by atoms with van der Waals surface area (Å²) in [5, 5.41) is 17.1. The molecule has 0 rings (SSSR count). The summed E-state index contributed by atoms with van der Waals surface area (Å²) < 4.78 is 5.18. The maximum Gasteiger partial charge on any atom is 0.167 e. The zero-order valence-electron chi connectivity index (χ0n) is 7.59. The van der Waals surface area contributed by atoms with E-state index in [4.69, 9.17) is 15.3 Å². The predicted molar refractivity (Wildman–Crippen MR) is 44.7 cm³/mol. The zero-order chi connectivity index (χ0) is 9.56. The number of allylic oxidation sites excluding steroid dienone is 2. The van der Waals surface area contributed by atoms with Crippen LogP contribution in [0.5, 0.6) is 0 Å². The van der Waals surface area contributed by atoms with Crippen molar-refractivity contribution in [3.8, 4) is 12.1 Å². The number of hydrogen-bond acceptors (Lipinski definition) is 3. The van der Waals surface area contributed by atoms with Gasteiger partial charge in [0.25, 0.3) is 0 Å². The molecule has 0 N–H and O–H groups in total. The first kappa shape index (κ1) is 10.5. The van der Waals surface area contributed by atoms with Gasteiger partial charge in [-0.3, -0.25) is 0 Å². The third kappa shape index (κ3) is 2.64. The van der Waals surface area contributed by atoms with Gasteiger partial charge >= 0.3 is 0 Å². The van der Waals surface area contributed by atoms with Crippen LogP contribution in [0.1, 0.15) is 20.8 Å². The van der Waals surface area contributed by atoms with Gasteiger partial charge in [0.2, 0.25) is 0 Å². The molecule has 0 aromatic rings. The van der Waals surface area contributed by atoms with Crippen molar-refractivity contribution in [3.05, 3.63) is 11.3 Å². The second kappa shape index (κ2) is 5.21. The molecule has 0 aliphatic heterocycles. The summed E-state index contributed by atoms with van der Waals surface area (Å²) in [5.74, 6) is 0.571. The van der Waals surface area contributed by atoms with Crippen molar-refractivity contribution in [2.24, 2.45) is 5.92 Å². The van der Waals surface area contributed by atoms with Crippen LogP contribution >= 0.6 is 0 Å². The molecule has 0 aromatic heterocycles. The van der Waals surface area contributed by atoms with Gasteiger partial charge in [-0.05, 0) is 6.92 Å². The van der Waals surface area contributed by atoms with E-state index in [2.05, 4.69) is 0 Å². The number of hydrogen-bond donors (Lipinski definition) is 0. The highest BCUT2D eigenvalue weighted by atomic mass is 16.5. The highest BCUT2D eigenvalue weighted by molar-refractivity contribution is 5.38. The van der Waals surface area contributed by atoms with Gasteiger partial charge < -0.3 is 4.74 Å². The Morgan fingerprint density at radius 3 is 2.08 bits per heavy atom. The van der Waals surface area contributed by atoms with Crippen LogP contribution in [0.2, 0.25) is 0 Å². The van der Waals surface area contributed by atoms with Gasteiger partial charge in [-0.15, -0.1) is 0 Å². The molecule has 0 saturated heterocycles. The first-order valence-electron chi connectivity index (χ1n) is 3.84. The number of nitriles is 2. The Labute approximate surface area is 72.9 Å². The van der Waals surface area contributed by atoms with E-state index in [1.165, 1.54) is 0 Å². The SMILES string of the molecule is CCOC(=C(C#N)C#N)C(C)C. The molecule has 0 aliphatic carbocycles. The summed E-state index contributed by atoms with van der Waals surface area (Å²) in [5.41, 5.74) is 0.0758. The Hall–Kier alpha value is -1.48. The van der Waals surface area contributed by atoms with Crippen molar-refractivity contribution >= 4 is 0 Å². The summed E-state index contributed by atoms with van der Waals surface area (Å²) in [6.45, 7) is 6.09. The maximum absolute atomic E-state index is 8.56. The van der Waals surface area contributed by atoms with E-state index < -0.39 is 0 Å². The monoisotopic (exact) mass is 164 g/mol. The van der Waals surface area contributed by atoms with Crippen LogP contribution in [0.4, 0.5) is 0 Å². The quantitative estimate of drug-likeness (QED) is 0.473. The lowest BCUT2D eigenvalue weighted by Crippen LogP contribution is -2.02. The minimum Gasteiger partial charge on any atom is -0.496 e. The van der Waals surface area contributed by atoms with E-state index in [0.717, 1.165) is 0 Å². The van der Waals surface area contributed by atoms with Crippen molar-refractivity contribution in [2.75, 3.05) is 6.61 Å². The molecule has 0 heterocycles. The van der Waals surface area contributed by atoms with Crippen LogP contribution in [0, 0.1) is 28.6 Å². The third-order valence-electron chi connectivity index (χ3n) is 1.29. The molecule has 0 amide bonds. The molecule has 0 aromatic carbocycles. The molecule has 12 heavy (non-hydrogen) atoms. The van der Waals surface area contributed by atoms with Gasteiger partial charge in [0.15, 0.2) is 5.57 Å². The fourth-order valence-corrected chi connectivity index (χ4v) is 0.818. The van der Waals surface area contributed by atoms with Crippen LogP contribution in [0.25, 0.3) is 0 Å². The molecule has 0 spiro atoms. The van der Waals surface area contributed by atoms with Gasteiger partial charge in [0.05, 0.1) is 6.61 Å². The Morgan fingerprint density at radius 2 is 1.83 bits per heavy atom. The smallest absolute Gasteiger partial charge is 0.167 e. The Morgan fingerprint density at radius 1 is 1.33 bits per heavy atom. The molecule has 0 atom stereocenters. The highest BCUT2D eigenvalue weighted by Gasteiger charge is 2.10. The average Bonchev–Trinajstić information content (AvgIpc) is 2.05. The Balaban J connectivity index is 4.83. The summed E-state index contributed by atoms with van der Waals surface area (Å²) in [6.07, 6.45) is 0. The van der Waals surface area contributed by atoms with E-state index in [1.54, 1.807) is 0 Å². The Bertz CT molecular complexity index is 237. The second-order valence-corrected chi connectivity index (χ2v) is 2.55. The number of ether oxygens (including phenoxy) is 1. The van der Waals surface area contributed by atoms with Crippen molar-refractivity contribution in [1.29, 1.82) is 10.5 Å². The molecule has 0 bridgehead atoms. The minimum atomic E-state index is 0.0758. The fourth-order valence-electron chi connectivity index (χ4n) is 0.818. The van der Waals surface area contributed by atoms with Crippen molar-refractivity contribution in [1.82, 2.24) is 0 Å². The lowest BCUT2D eigenvalue weighted by molar-refractivity contribution is 0.198. The Kier molecular flexibility index (Phi) is 4.57. The summed E-state index contributed by atoms with van der Waals surface area (Å²) in [4.78, 5) is 0. The molecular weight excluding hydrogens is 152 g/mol. The molecule has 0 saturated carbocycles. The van der Waals surface area contributed by atoms with Gasteiger partial charge in [-0.25, -0.2) is 0 Å². The van der Waals surface area contributed by atoms with Gasteiger partial charge in [0, 0.05) is 5.92 Å². The summed E-state index contributed by atoms with van der Waals surface area (Å²) in [7, 11) is 0. The van der Waals surface area contributed by atoms with E-state index in [9.17, 15) is 0 Å². The van der Waals surface area contributed by atoms with Crippen LogP contribution < -0.4 is 0 Å². The van der Waals surface area contributed by atoms with Crippen LogP contribution in [0.3, 0.4) is 0 Å². The predicted octanol–water partition coefficient (Wildman–Crippen LogP) is 1.98. The summed E-state index contributed by atoms with van der Waals surface area (Å²) >= 11 is 0. The molecule has 3 nitrogen and oxygen atoms in total. The normalized spacial score (nSPS) is 8.50. The van der Waals surface area contributed by atoms with Crippen LogP contribution in [-0.2, 0) is 4.74 Å². The zero-order valence-corrected chi connectivity index (χ0v) is 7.59. The molecular formula is C9H12N2O. The minimum absolute atomic E-state index is 0.0758. The molecule has 64 valence electrons. The van der Waals surface area contributed by atoms with Crippen molar-refractivity contribution in [2.45, 2.75) is 20.8 Å². The number of rotatable bonds is 3. The van der Waals surface area contributed by atoms with E-state index >= 15 is 0 Å². The first-order chi connectivity index (χ1) is 5.67. The summed E-state index contributed by atoms with van der Waals surface area (Å²) in [6, 6.07) is 3.62. The number of nitrogens with zero attached hydrogens (tertiary/aromatic N) is 2. The van der Waals surface area contributed by atoms with Gasteiger partial charge in [-0.1, -0.05) is 13.8 Å². The lowest BCUT2D eigenvalue weighted by atomic mass is 10.1. The molecule has 0 fully saturated rings. The van der Waals surface area contributed by atoms with Crippen molar-refractivity contribution < 1.29 is 4.74 Å². The van der Waals surface area contributed by atoms with Crippen molar-refractivity contribution in [3.63, 3.8) is 0 Å². The van der Waals surface area contributed by atoms with Gasteiger partial charge in [-0.2, -0.15) is 10.5 Å². The second-order valence-electron chi connectivity index (χ2n) is 2.55. The van der Waals surface area contributed by atoms with E-state index in [-0.39, 0.29) is 11.5 Å². The maximum atomic E-state index is 8.56. The standard InChI is InChI=1S/C9H12N2O/c1-4-12-9(7(2)3)8(5-10)6-11/h7H,4H2,1-3H3. The van der Waals surface area contributed by atoms with Crippen LogP contribution in [0.15, 0.2) is 11.3 Å². The fraction of sp³-hybridized carbons (Fsp3) is 0.556. The average molecular weight is 164 g/mol. The topological polar surface area (TPSA) is 56.8 Å². The molecule has 0 unspecified atom stereocenters. The largest absolute Gasteiger partial charge is 0.496 e. The highest BCUT2D eigenvalue weighted by Crippen LogP contribution is 2.15. The van der Waals surface area contributed by atoms with Gasteiger partial charge in [0.1, 0.15) is 17.9 Å². The van der Waals surface area contributed by atoms with E-state index in [0.29, 0.717) is 12.4 Å². The third-order valence-corrected chi connectivity index (χ3v) is 1.29. The van der Waals surface area contributed by atoms with Crippen LogP contribution in [-0.4, -0.2) is 6.61 Å². The first-order valence-corrected chi connectivity index (χ1v) is 3.84. The molecule has 0 radical (unpaired) electrons. The lowest BCUT2D eigenvalue weighted by Gasteiger charge is -2.11. The molecule has 0 aliphatic rings. The van der Waals surface area contributed by atoms with E-state index in [1.807, 2.05) is 32.9 Å².